The monoisotopic (exact) mass is 500 g/mol. The summed E-state index contributed by atoms with van der Waals surface area (Å²) < 4.78 is 22.2. The molecule has 0 saturated heterocycles. The van der Waals surface area contributed by atoms with Gasteiger partial charge in [0.15, 0.2) is 12.6 Å². The number of nitro groups is 1. The lowest BCUT2D eigenvalue weighted by atomic mass is 10.2. The highest BCUT2D eigenvalue weighted by Crippen LogP contribution is 2.55. The molecule has 2 rings (SSSR count). The van der Waals surface area contributed by atoms with Crippen molar-refractivity contribution in [3.05, 3.63) is 74.8 Å². The lowest BCUT2D eigenvalue weighted by Gasteiger charge is -2.18. The minimum absolute atomic E-state index is 0.0471. The third-order valence-corrected chi connectivity index (χ3v) is 6.71. The summed E-state index contributed by atoms with van der Waals surface area (Å²) in [5.41, 5.74) is 0.137. The zero-order chi connectivity index (χ0) is 24.4. The molecule has 2 aromatic rings. The number of amides is 1. The SMILES string of the molecule is O=C(CCCP(=O)(O)[C@H](O)c1ccc(Cl)c([N+](=O)[O-])c1)OCNC(=O)OCc1ccccc1. The highest BCUT2D eigenvalue weighted by Gasteiger charge is 2.31. The van der Waals surface area contributed by atoms with Crippen LogP contribution in [-0.4, -0.2) is 39.9 Å². The van der Waals surface area contributed by atoms with E-state index in [-0.39, 0.29) is 30.0 Å². The first-order valence-electron chi connectivity index (χ1n) is 9.63. The van der Waals surface area contributed by atoms with Crippen molar-refractivity contribution in [2.24, 2.45) is 0 Å². The van der Waals surface area contributed by atoms with Gasteiger partial charge in [-0.25, -0.2) is 4.79 Å². The highest BCUT2D eigenvalue weighted by atomic mass is 35.5. The number of nitro benzene ring substituents is 1. The van der Waals surface area contributed by atoms with Crippen LogP contribution in [0.2, 0.25) is 5.02 Å². The molecule has 0 fully saturated rings. The number of benzene rings is 2. The molecule has 2 atom stereocenters. The van der Waals surface area contributed by atoms with E-state index >= 15 is 0 Å². The zero-order valence-electron chi connectivity index (χ0n) is 17.3. The molecule has 0 aliphatic heterocycles. The van der Waals surface area contributed by atoms with E-state index in [0.717, 1.165) is 17.7 Å². The molecule has 0 bridgehead atoms. The number of aliphatic hydroxyl groups excluding tert-OH is 1. The number of esters is 1. The van der Waals surface area contributed by atoms with Gasteiger partial charge in [0, 0.05) is 18.6 Å². The van der Waals surface area contributed by atoms with Crippen molar-refractivity contribution in [2.45, 2.75) is 25.3 Å². The molecule has 13 heteroatoms. The number of carbonyl (C=O) groups is 2. The maximum Gasteiger partial charge on any atom is 0.410 e. The van der Waals surface area contributed by atoms with Crippen molar-refractivity contribution in [2.75, 3.05) is 12.9 Å². The van der Waals surface area contributed by atoms with Crippen molar-refractivity contribution in [1.29, 1.82) is 0 Å². The number of nitrogens with zero attached hydrogens (tertiary/aromatic N) is 1. The van der Waals surface area contributed by atoms with Crippen LogP contribution in [-0.2, 0) is 25.4 Å². The van der Waals surface area contributed by atoms with E-state index in [0.29, 0.717) is 0 Å². The molecule has 1 amide bonds. The molecule has 2 aromatic carbocycles. The summed E-state index contributed by atoms with van der Waals surface area (Å²) in [6, 6.07) is 12.2. The molecule has 1 unspecified atom stereocenters. The van der Waals surface area contributed by atoms with E-state index in [4.69, 9.17) is 21.1 Å². The van der Waals surface area contributed by atoms with Gasteiger partial charge in [-0.1, -0.05) is 48.0 Å². The van der Waals surface area contributed by atoms with Gasteiger partial charge in [-0.3, -0.25) is 24.8 Å². The minimum atomic E-state index is -4.21. The standard InChI is InChI=1S/C20H22ClN2O9P/c21-16-9-8-15(11-17(16)23(27)28)19(25)33(29,30)10-4-7-18(24)32-13-22-20(26)31-12-14-5-2-1-3-6-14/h1-3,5-6,8-9,11,19,25H,4,7,10,12-13H2,(H,22,26)(H,29,30)/t19-/m0/s1. The van der Waals surface area contributed by atoms with Gasteiger partial charge < -0.3 is 19.5 Å². The average molecular weight is 501 g/mol. The second kappa shape index (κ2) is 12.3. The summed E-state index contributed by atoms with van der Waals surface area (Å²) in [7, 11) is -4.21. The third-order valence-electron chi connectivity index (χ3n) is 4.37. The maximum absolute atomic E-state index is 12.4. The molecule has 0 spiro atoms. The van der Waals surface area contributed by atoms with Gasteiger partial charge in [0.2, 0.25) is 7.37 Å². The molecule has 0 aromatic heterocycles. The van der Waals surface area contributed by atoms with Crippen LogP contribution in [0.15, 0.2) is 48.5 Å². The second-order valence-corrected chi connectivity index (χ2v) is 9.68. The number of halogens is 1. The molecule has 178 valence electrons. The van der Waals surface area contributed by atoms with Crippen LogP contribution in [0.5, 0.6) is 0 Å². The Bertz CT molecular complexity index is 1040. The van der Waals surface area contributed by atoms with Crippen molar-refractivity contribution in [3.63, 3.8) is 0 Å². The summed E-state index contributed by atoms with van der Waals surface area (Å²) in [6.07, 6.45) is -1.57. The molecule has 11 nitrogen and oxygen atoms in total. The molecule has 0 aliphatic rings. The van der Waals surface area contributed by atoms with Crippen LogP contribution in [0.4, 0.5) is 10.5 Å². The number of alkyl carbamates (subject to hydrolysis) is 1. The van der Waals surface area contributed by atoms with Gasteiger partial charge in [0.05, 0.1) is 4.92 Å². The van der Waals surface area contributed by atoms with E-state index in [2.05, 4.69) is 5.32 Å². The third kappa shape index (κ3) is 8.47. The predicted molar refractivity (Wildman–Crippen MR) is 118 cm³/mol. The largest absolute Gasteiger partial charge is 0.445 e. The summed E-state index contributed by atoms with van der Waals surface area (Å²) >= 11 is 5.70. The highest BCUT2D eigenvalue weighted by molar-refractivity contribution is 7.58. The quantitative estimate of drug-likeness (QED) is 0.137. The number of nitrogens with one attached hydrogen (secondary N) is 1. The van der Waals surface area contributed by atoms with Crippen LogP contribution >= 0.6 is 19.0 Å². The normalized spacial score (nSPS) is 13.4. The molecule has 33 heavy (non-hydrogen) atoms. The van der Waals surface area contributed by atoms with Crippen molar-refractivity contribution in [3.8, 4) is 0 Å². The molecule has 0 radical (unpaired) electrons. The lowest BCUT2D eigenvalue weighted by molar-refractivity contribution is -0.384. The summed E-state index contributed by atoms with van der Waals surface area (Å²) in [6.45, 7) is -0.397. The van der Waals surface area contributed by atoms with Crippen LogP contribution in [0.3, 0.4) is 0 Å². The van der Waals surface area contributed by atoms with Crippen LogP contribution < -0.4 is 5.32 Å². The lowest BCUT2D eigenvalue weighted by Crippen LogP contribution is -2.28. The Kier molecular flexibility index (Phi) is 9.80. The van der Waals surface area contributed by atoms with Gasteiger partial charge in [-0.05, 0) is 23.6 Å². The average Bonchev–Trinajstić information content (AvgIpc) is 2.78. The molecule has 0 heterocycles. The summed E-state index contributed by atoms with van der Waals surface area (Å²) in [4.78, 5) is 43.6. The number of hydrogen-bond acceptors (Lipinski definition) is 8. The van der Waals surface area contributed by atoms with Gasteiger partial charge in [-0.15, -0.1) is 0 Å². The number of rotatable bonds is 11. The van der Waals surface area contributed by atoms with E-state index in [1.165, 1.54) is 6.07 Å². The molecule has 3 N–H and O–H groups in total. The van der Waals surface area contributed by atoms with E-state index < -0.39 is 48.8 Å². The van der Waals surface area contributed by atoms with Crippen molar-refractivity contribution in [1.82, 2.24) is 5.32 Å². The Morgan fingerprint density at radius 3 is 2.55 bits per heavy atom. The minimum Gasteiger partial charge on any atom is -0.445 e. The van der Waals surface area contributed by atoms with E-state index in [9.17, 15) is 34.3 Å². The van der Waals surface area contributed by atoms with Crippen molar-refractivity contribution >= 4 is 36.7 Å². The fourth-order valence-corrected chi connectivity index (χ4v) is 4.33. The molecular weight excluding hydrogens is 479 g/mol. The molecule has 0 saturated carbocycles. The Morgan fingerprint density at radius 1 is 1.18 bits per heavy atom. The Labute approximate surface area is 193 Å². The molecule has 0 aliphatic carbocycles. The van der Waals surface area contributed by atoms with Crippen molar-refractivity contribution < 1.29 is 38.6 Å². The Balaban J connectivity index is 1.72. The number of hydrogen-bond donors (Lipinski definition) is 3. The Morgan fingerprint density at radius 2 is 1.88 bits per heavy atom. The van der Waals surface area contributed by atoms with Gasteiger partial charge in [0.1, 0.15) is 11.6 Å². The molecular formula is C20H22ClN2O9P. The number of carbonyl (C=O) groups excluding carboxylic acids is 2. The summed E-state index contributed by atoms with van der Waals surface area (Å²) in [5.74, 6) is -2.62. The zero-order valence-corrected chi connectivity index (χ0v) is 18.9. The van der Waals surface area contributed by atoms with Gasteiger partial charge in [0.25, 0.3) is 5.69 Å². The topological polar surface area (TPSA) is 165 Å². The fourth-order valence-electron chi connectivity index (χ4n) is 2.66. The van der Waals surface area contributed by atoms with E-state index in [1.54, 1.807) is 24.3 Å². The second-order valence-electron chi connectivity index (χ2n) is 6.82. The maximum atomic E-state index is 12.4. The fraction of sp³-hybridized carbons (Fsp3) is 0.300. The van der Waals surface area contributed by atoms with Crippen LogP contribution in [0.1, 0.15) is 29.8 Å². The number of aliphatic hydroxyl groups is 1. The van der Waals surface area contributed by atoms with Gasteiger partial charge >= 0.3 is 12.1 Å². The van der Waals surface area contributed by atoms with E-state index in [1.807, 2.05) is 6.07 Å². The van der Waals surface area contributed by atoms with Crippen LogP contribution in [0.25, 0.3) is 0 Å². The first kappa shape index (κ1) is 26.3. The smallest absolute Gasteiger partial charge is 0.410 e. The first-order chi connectivity index (χ1) is 15.6. The van der Waals surface area contributed by atoms with Crippen LogP contribution in [0, 0.1) is 10.1 Å². The summed E-state index contributed by atoms with van der Waals surface area (Å²) in [5, 5.41) is 23.2. The predicted octanol–water partition coefficient (Wildman–Crippen LogP) is 3.72. The first-order valence-corrected chi connectivity index (χ1v) is 11.9. The number of ether oxygens (including phenoxy) is 2. The Hall–Kier alpha value is -2.98. The van der Waals surface area contributed by atoms with Gasteiger partial charge in [-0.2, -0.15) is 0 Å².